The molecule has 0 saturated heterocycles. The number of pyridine rings is 1. The molecule has 0 spiro atoms. The Morgan fingerprint density at radius 2 is 1.82 bits per heavy atom. The number of hydrogen-bond donors (Lipinski definition) is 0. The first-order chi connectivity index (χ1) is 10.6. The minimum Gasteiger partial charge on any atom is -0.256 e. The van der Waals surface area contributed by atoms with Gasteiger partial charge in [0.2, 0.25) is 0 Å². The smallest absolute Gasteiger partial charge is 0.124 e. The van der Waals surface area contributed by atoms with Gasteiger partial charge in [0.05, 0.1) is 5.69 Å². The highest BCUT2D eigenvalue weighted by atomic mass is 32.1. The van der Waals surface area contributed by atoms with Crippen molar-refractivity contribution in [1.29, 1.82) is 0 Å². The fraction of sp³-hybridized carbons (Fsp3) is 0.105. The molecule has 108 valence electrons. The first kappa shape index (κ1) is 13.4. The maximum Gasteiger partial charge on any atom is 0.124 e. The van der Waals surface area contributed by atoms with Crippen molar-refractivity contribution >= 4 is 31.5 Å². The molecule has 1 nitrogen and oxygen atoms in total. The minimum absolute atomic E-state index is 0.190. The summed E-state index contributed by atoms with van der Waals surface area (Å²) >= 11 is 1.63. The number of aromatic nitrogens is 1. The zero-order chi connectivity index (χ0) is 15.3. The Morgan fingerprint density at radius 1 is 0.955 bits per heavy atom. The van der Waals surface area contributed by atoms with E-state index in [4.69, 9.17) is 0 Å². The van der Waals surface area contributed by atoms with E-state index in [9.17, 15) is 4.39 Å². The summed E-state index contributed by atoms with van der Waals surface area (Å²) in [6.45, 7) is 4.16. The number of aryl methyl sites for hydroxylation is 2. The second kappa shape index (κ2) is 4.89. The largest absolute Gasteiger partial charge is 0.256 e. The van der Waals surface area contributed by atoms with E-state index in [0.29, 0.717) is 0 Å². The molecule has 3 heteroatoms. The van der Waals surface area contributed by atoms with Gasteiger partial charge in [-0.1, -0.05) is 24.3 Å². The van der Waals surface area contributed by atoms with Gasteiger partial charge in [0.25, 0.3) is 0 Å². The van der Waals surface area contributed by atoms with Crippen LogP contribution in [-0.4, -0.2) is 4.98 Å². The van der Waals surface area contributed by atoms with Crippen molar-refractivity contribution in [1.82, 2.24) is 4.98 Å². The topological polar surface area (TPSA) is 12.9 Å². The zero-order valence-electron chi connectivity index (χ0n) is 12.4. The van der Waals surface area contributed by atoms with E-state index in [-0.39, 0.29) is 5.82 Å². The molecule has 0 atom stereocenters. The quantitative estimate of drug-likeness (QED) is 0.428. The molecule has 0 fully saturated rings. The molecule has 0 amide bonds. The molecule has 2 aromatic carbocycles. The third-order valence-corrected chi connectivity index (χ3v) is 5.31. The van der Waals surface area contributed by atoms with Gasteiger partial charge in [-0.25, -0.2) is 4.39 Å². The number of benzene rings is 2. The van der Waals surface area contributed by atoms with Gasteiger partial charge in [-0.2, -0.15) is 0 Å². The molecule has 22 heavy (non-hydrogen) atoms. The highest BCUT2D eigenvalue weighted by Crippen LogP contribution is 2.39. The van der Waals surface area contributed by atoms with Crippen molar-refractivity contribution in [2.45, 2.75) is 13.8 Å². The molecule has 0 radical (unpaired) electrons. The molecule has 2 aromatic heterocycles. The Balaban J connectivity index is 2.05. The summed E-state index contributed by atoms with van der Waals surface area (Å²) in [5.41, 5.74) is 4.51. The maximum absolute atomic E-state index is 13.5. The number of fused-ring (bicyclic) bond motifs is 3. The average Bonchev–Trinajstić information content (AvgIpc) is 2.87. The lowest BCUT2D eigenvalue weighted by Gasteiger charge is -2.05. The van der Waals surface area contributed by atoms with Crippen molar-refractivity contribution in [3.05, 3.63) is 65.6 Å². The van der Waals surface area contributed by atoms with Crippen LogP contribution in [0.4, 0.5) is 4.39 Å². The lowest BCUT2D eigenvalue weighted by molar-refractivity contribution is 0.630. The maximum atomic E-state index is 13.5. The predicted octanol–water partition coefficient (Wildman–Crippen LogP) is 5.87. The van der Waals surface area contributed by atoms with Crippen LogP contribution in [0.3, 0.4) is 0 Å². The number of rotatable bonds is 1. The van der Waals surface area contributed by atoms with E-state index < -0.39 is 0 Å². The third-order valence-electron chi connectivity index (χ3n) is 4.11. The summed E-state index contributed by atoms with van der Waals surface area (Å²) < 4.78 is 15.6. The molecule has 0 bridgehead atoms. The SMILES string of the molecule is Cc1cnc(-c2cccc3c2sc2cc(F)ccc23)cc1C. The first-order valence-corrected chi connectivity index (χ1v) is 7.99. The monoisotopic (exact) mass is 307 g/mol. The molecular formula is C19H14FNS. The molecule has 0 saturated carbocycles. The number of thiophene rings is 1. The van der Waals surface area contributed by atoms with Gasteiger partial charge >= 0.3 is 0 Å². The van der Waals surface area contributed by atoms with Crippen LogP contribution in [0.1, 0.15) is 11.1 Å². The van der Waals surface area contributed by atoms with Crippen LogP contribution in [-0.2, 0) is 0 Å². The average molecular weight is 307 g/mol. The first-order valence-electron chi connectivity index (χ1n) is 7.18. The molecule has 0 unspecified atom stereocenters. The Hall–Kier alpha value is -2.26. The van der Waals surface area contributed by atoms with E-state index in [2.05, 4.69) is 37.0 Å². The highest BCUT2D eigenvalue weighted by Gasteiger charge is 2.12. The van der Waals surface area contributed by atoms with Gasteiger partial charge in [0, 0.05) is 31.9 Å². The van der Waals surface area contributed by atoms with Crippen LogP contribution < -0.4 is 0 Å². The van der Waals surface area contributed by atoms with Crippen LogP contribution in [0, 0.1) is 19.7 Å². The van der Waals surface area contributed by atoms with Gasteiger partial charge in [0.15, 0.2) is 0 Å². The fourth-order valence-corrected chi connectivity index (χ4v) is 4.00. The normalized spacial score (nSPS) is 11.4. The van der Waals surface area contributed by atoms with E-state index in [1.165, 1.54) is 21.9 Å². The standard InChI is InChI=1S/C19H14FNS/c1-11-8-17(21-10-12(11)2)16-5-3-4-15-14-7-6-13(20)9-18(14)22-19(15)16/h3-10H,1-2H3. The minimum atomic E-state index is -0.190. The molecule has 4 rings (SSSR count). The second-order valence-electron chi connectivity index (χ2n) is 5.58. The molecule has 4 aromatic rings. The molecule has 0 aliphatic rings. The molecule has 0 N–H and O–H groups in total. The van der Waals surface area contributed by atoms with Gasteiger partial charge in [-0.3, -0.25) is 4.98 Å². The van der Waals surface area contributed by atoms with Crippen molar-refractivity contribution in [2.24, 2.45) is 0 Å². The van der Waals surface area contributed by atoms with Crippen LogP contribution in [0.15, 0.2) is 48.7 Å². The number of nitrogens with zero attached hydrogens (tertiary/aromatic N) is 1. The molecule has 2 heterocycles. The Bertz CT molecular complexity index is 1020. The second-order valence-corrected chi connectivity index (χ2v) is 6.63. The Morgan fingerprint density at radius 3 is 2.64 bits per heavy atom. The molecule has 0 aliphatic heterocycles. The van der Waals surface area contributed by atoms with Crippen LogP contribution in [0.5, 0.6) is 0 Å². The highest BCUT2D eigenvalue weighted by molar-refractivity contribution is 7.26. The van der Waals surface area contributed by atoms with E-state index >= 15 is 0 Å². The van der Waals surface area contributed by atoms with Crippen molar-refractivity contribution < 1.29 is 4.39 Å². The summed E-state index contributed by atoms with van der Waals surface area (Å²) in [5, 5.41) is 2.27. The fourth-order valence-electron chi connectivity index (χ4n) is 2.75. The zero-order valence-corrected chi connectivity index (χ0v) is 13.2. The Kier molecular flexibility index (Phi) is 2.98. The third kappa shape index (κ3) is 2.01. The van der Waals surface area contributed by atoms with Crippen LogP contribution >= 0.6 is 11.3 Å². The van der Waals surface area contributed by atoms with Gasteiger partial charge in [0.1, 0.15) is 5.82 Å². The van der Waals surface area contributed by atoms with Crippen molar-refractivity contribution in [3.63, 3.8) is 0 Å². The number of hydrogen-bond acceptors (Lipinski definition) is 2. The van der Waals surface area contributed by atoms with E-state index in [1.54, 1.807) is 17.4 Å². The van der Waals surface area contributed by atoms with E-state index in [1.807, 2.05) is 18.3 Å². The lowest BCUT2D eigenvalue weighted by atomic mass is 10.0. The predicted molar refractivity (Wildman–Crippen MR) is 92.0 cm³/mol. The van der Waals surface area contributed by atoms with Crippen LogP contribution in [0.2, 0.25) is 0 Å². The lowest BCUT2D eigenvalue weighted by Crippen LogP contribution is -1.88. The summed E-state index contributed by atoms with van der Waals surface area (Å²) in [4.78, 5) is 4.58. The summed E-state index contributed by atoms with van der Waals surface area (Å²) in [7, 11) is 0. The number of halogens is 1. The van der Waals surface area contributed by atoms with Crippen LogP contribution in [0.25, 0.3) is 31.4 Å². The Labute approximate surface area is 132 Å². The van der Waals surface area contributed by atoms with Gasteiger partial charge in [-0.05, 0) is 43.2 Å². The summed E-state index contributed by atoms with van der Waals surface area (Å²) in [5.74, 6) is -0.190. The molecular weight excluding hydrogens is 293 g/mol. The summed E-state index contributed by atoms with van der Waals surface area (Å²) in [6.07, 6.45) is 1.91. The van der Waals surface area contributed by atoms with Gasteiger partial charge in [-0.15, -0.1) is 11.3 Å². The van der Waals surface area contributed by atoms with Gasteiger partial charge < -0.3 is 0 Å². The van der Waals surface area contributed by atoms with Crippen molar-refractivity contribution in [3.8, 4) is 11.3 Å². The molecule has 0 aliphatic carbocycles. The van der Waals surface area contributed by atoms with E-state index in [0.717, 1.165) is 26.7 Å². The summed E-state index contributed by atoms with van der Waals surface area (Å²) in [6, 6.07) is 13.3. The van der Waals surface area contributed by atoms with Crippen molar-refractivity contribution in [2.75, 3.05) is 0 Å².